The lowest BCUT2D eigenvalue weighted by molar-refractivity contribution is -0.139. The average Bonchev–Trinajstić information content (AvgIpc) is 2.20. The van der Waals surface area contributed by atoms with Crippen molar-refractivity contribution in [1.29, 1.82) is 0 Å². The Balaban J connectivity index is 2.49. The van der Waals surface area contributed by atoms with Gasteiger partial charge in [0.15, 0.2) is 0 Å². The SMILES string of the molecule is CNC(=O)CN1CCCCC1CC(=O)O. The second-order valence-electron chi connectivity index (χ2n) is 3.89. The number of hydrogen-bond donors (Lipinski definition) is 2. The first-order valence-corrected chi connectivity index (χ1v) is 5.30. The number of rotatable bonds is 4. The molecule has 2 N–H and O–H groups in total. The lowest BCUT2D eigenvalue weighted by Crippen LogP contribution is -2.45. The molecule has 1 aliphatic heterocycles. The van der Waals surface area contributed by atoms with Crippen molar-refractivity contribution in [2.75, 3.05) is 20.1 Å². The molecular weight excluding hydrogens is 196 g/mol. The van der Waals surface area contributed by atoms with Crippen LogP contribution in [-0.2, 0) is 9.59 Å². The van der Waals surface area contributed by atoms with Gasteiger partial charge in [-0.05, 0) is 19.4 Å². The molecule has 1 atom stereocenters. The summed E-state index contributed by atoms with van der Waals surface area (Å²) < 4.78 is 0. The van der Waals surface area contributed by atoms with Crippen LogP contribution in [0.3, 0.4) is 0 Å². The molecule has 5 heteroatoms. The molecule has 1 saturated heterocycles. The van der Waals surface area contributed by atoms with Gasteiger partial charge < -0.3 is 10.4 Å². The standard InChI is InChI=1S/C10H18N2O3/c1-11-9(13)7-12-5-3-2-4-8(12)6-10(14)15/h8H,2-7H2,1H3,(H,11,13)(H,14,15). The number of hydrogen-bond acceptors (Lipinski definition) is 3. The summed E-state index contributed by atoms with van der Waals surface area (Å²) in [4.78, 5) is 23.8. The number of carbonyl (C=O) groups excluding carboxylic acids is 1. The van der Waals surface area contributed by atoms with Crippen LogP contribution in [0.25, 0.3) is 0 Å². The minimum atomic E-state index is -0.788. The Bertz CT molecular complexity index is 243. The zero-order chi connectivity index (χ0) is 11.3. The number of aliphatic carboxylic acids is 1. The van der Waals surface area contributed by atoms with Crippen LogP contribution in [0, 0.1) is 0 Å². The number of nitrogens with one attached hydrogen (secondary N) is 1. The highest BCUT2D eigenvalue weighted by Crippen LogP contribution is 2.19. The lowest BCUT2D eigenvalue weighted by atomic mass is 9.99. The summed E-state index contributed by atoms with van der Waals surface area (Å²) in [6.07, 6.45) is 3.12. The van der Waals surface area contributed by atoms with Crippen molar-refractivity contribution < 1.29 is 14.7 Å². The molecule has 0 aromatic heterocycles. The van der Waals surface area contributed by atoms with E-state index in [9.17, 15) is 9.59 Å². The Kier molecular flexibility index (Phi) is 4.55. The van der Waals surface area contributed by atoms with Crippen LogP contribution in [0.4, 0.5) is 0 Å². The van der Waals surface area contributed by atoms with E-state index in [1.165, 1.54) is 0 Å². The first-order chi connectivity index (χ1) is 7.13. The summed E-state index contributed by atoms with van der Waals surface area (Å²) in [6, 6.07) is 0.0218. The van der Waals surface area contributed by atoms with Gasteiger partial charge in [-0.1, -0.05) is 6.42 Å². The van der Waals surface area contributed by atoms with Crippen LogP contribution in [0.15, 0.2) is 0 Å². The number of carbonyl (C=O) groups is 2. The van der Waals surface area contributed by atoms with Gasteiger partial charge in [0.05, 0.1) is 13.0 Å². The summed E-state index contributed by atoms with van der Waals surface area (Å²) in [5.74, 6) is -0.837. The first kappa shape index (κ1) is 12.0. The maximum Gasteiger partial charge on any atom is 0.304 e. The first-order valence-electron chi connectivity index (χ1n) is 5.30. The summed E-state index contributed by atoms with van der Waals surface area (Å²) >= 11 is 0. The number of nitrogens with zero attached hydrogens (tertiary/aromatic N) is 1. The zero-order valence-corrected chi connectivity index (χ0v) is 9.03. The third-order valence-electron chi connectivity index (χ3n) is 2.78. The number of likely N-dealkylation sites (N-methyl/N-ethyl adjacent to an activating group) is 1. The third-order valence-corrected chi connectivity index (χ3v) is 2.78. The molecule has 0 aromatic rings. The number of piperidine rings is 1. The Labute approximate surface area is 89.4 Å². The molecule has 1 aliphatic rings. The monoisotopic (exact) mass is 214 g/mol. The smallest absolute Gasteiger partial charge is 0.304 e. The van der Waals surface area contributed by atoms with Crippen LogP contribution in [-0.4, -0.2) is 48.1 Å². The second-order valence-corrected chi connectivity index (χ2v) is 3.89. The maximum absolute atomic E-state index is 11.2. The normalized spacial score (nSPS) is 22.3. The van der Waals surface area contributed by atoms with Crippen LogP contribution in [0.5, 0.6) is 0 Å². The summed E-state index contributed by atoms with van der Waals surface area (Å²) in [7, 11) is 1.60. The molecule has 1 amide bonds. The van der Waals surface area contributed by atoms with E-state index in [0.717, 1.165) is 25.8 Å². The van der Waals surface area contributed by atoms with Gasteiger partial charge >= 0.3 is 5.97 Å². The Morgan fingerprint density at radius 2 is 2.20 bits per heavy atom. The van der Waals surface area contributed by atoms with Crippen molar-refractivity contribution in [2.45, 2.75) is 31.7 Å². The van der Waals surface area contributed by atoms with Gasteiger partial charge in [-0.3, -0.25) is 14.5 Å². The number of likely N-dealkylation sites (tertiary alicyclic amines) is 1. The highest BCUT2D eigenvalue weighted by molar-refractivity contribution is 5.77. The fraction of sp³-hybridized carbons (Fsp3) is 0.800. The zero-order valence-electron chi connectivity index (χ0n) is 9.03. The molecule has 86 valence electrons. The van der Waals surface area contributed by atoms with E-state index in [-0.39, 0.29) is 18.4 Å². The fourth-order valence-electron chi connectivity index (χ4n) is 1.96. The quantitative estimate of drug-likeness (QED) is 0.694. The molecule has 0 aromatic carbocycles. The Morgan fingerprint density at radius 3 is 2.80 bits per heavy atom. The van der Waals surface area contributed by atoms with E-state index in [1.807, 2.05) is 4.90 Å². The van der Waals surface area contributed by atoms with Gasteiger partial charge in [-0.25, -0.2) is 0 Å². The van der Waals surface area contributed by atoms with E-state index in [0.29, 0.717) is 6.54 Å². The largest absolute Gasteiger partial charge is 0.481 e. The molecule has 0 aliphatic carbocycles. The van der Waals surface area contributed by atoms with E-state index < -0.39 is 5.97 Å². The number of amides is 1. The average molecular weight is 214 g/mol. The molecule has 0 saturated carbocycles. The third kappa shape index (κ3) is 3.87. The Hall–Kier alpha value is -1.10. The van der Waals surface area contributed by atoms with Crippen LogP contribution >= 0.6 is 0 Å². The van der Waals surface area contributed by atoms with Gasteiger partial charge in [-0.15, -0.1) is 0 Å². The van der Waals surface area contributed by atoms with Crippen molar-refractivity contribution in [3.63, 3.8) is 0 Å². The van der Waals surface area contributed by atoms with Crippen molar-refractivity contribution in [1.82, 2.24) is 10.2 Å². The van der Waals surface area contributed by atoms with Gasteiger partial charge in [0.2, 0.25) is 5.91 Å². The molecule has 0 bridgehead atoms. The molecule has 15 heavy (non-hydrogen) atoms. The predicted octanol–water partition coefficient (Wildman–Crippen LogP) is 0.0616. The van der Waals surface area contributed by atoms with Crippen LogP contribution in [0.2, 0.25) is 0 Å². The second kappa shape index (κ2) is 5.70. The molecule has 1 fully saturated rings. The minimum absolute atomic E-state index is 0.0218. The van der Waals surface area contributed by atoms with Crippen LogP contribution in [0.1, 0.15) is 25.7 Å². The fourth-order valence-corrected chi connectivity index (χ4v) is 1.96. The molecular formula is C10H18N2O3. The molecule has 0 spiro atoms. The van der Waals surface area contributed by atoms with Crippen molar-refractivity contribution in [3.05, 3.63) is 0 Å². The molecule has 5 nitrogen and oxygen atoms in total. The highest BCUT2D eigenvalue weighted by atomic mass is 16.4. The number of carboxylic acids is 1. The van der Waals surface area contributed by atoms with Gasteiger partial charge in [-0.2, -0.15) is 0 Å². The van der Waals surface area contributed by atoms with Crippen molar-refractivity contribution in [3.8, 4) is 0 Å². The van der Waals surface area contributed by atoms with Crippen molar-refractivity contribution >= 4 is 11.9 Å². The minimum Gasteiger partial charge on any atom is -0.481 e. The van der Waals surface area contributed by atoms with E-state index >= 15 is 0 Å². The van der Waals surface area contributed by atoms with Gasteiger partial charge in [0.25, 0.3) is 0 Å². The molecule has 1 heterocycles. The van der Waals surface area contributed by atoms with Gasteiger partial charge in [0.1, 0.15) is 0 Å². The predicted molar refractivity (Wildman–Crippen MR) is 55.5 cm³/mol. The summed E-state index contributed by atoms with van der Waals surface area (Å²) in [5.41, 5.74) is 0. The molecule has 1 rings (SSSR count). The highest BCUT2D eigenvalue weighted by Gasteiger charge is 2.25. The Morgan fingerprint density at radius 1 is 1.47 bits per heavy atom. The van der Waals surface area contributed by atoms with Gasteiger partial charge in [0, 0.05) is 13.1 Å². The molecule has 1 unspecified atom stereocenters. The molecule has 0 radical (unpaired) electrons. The van der Waals surface area contributed by atoms with E-state index in [4.69, 9.17) is 5.11 Å². The van der Waals surface area contributed by atoms with Crippen LogP contribution < -0.4 is 5.32 Å². The summed E-state index contributed by atoms with van der Waals surface area (Å²) in [5, 5.41) is 11.3. The van der Waals surface area contributed by atoms with E-state index in [1.54, 1.807) is 7.05 Å². The lowest BCUT2D eigenvalue weighted by Gasteiger charge is -2.34. The number of carboxylic acid groups (broad SMARTS) is 1. The maximum atomic E-state index is 11.2. The van der Waals surface area contributed by atoms with Crippen molar-refractivity contribution in [2.24, 2.45) is 0 Å². The summed E-state index contributed by atoms with van der Waals surface area (Å²) in [6.45, 7) is 1.14. The topological polar surface area (TPSA) is 69.6 Å². The van der Waals surface area contributed by atoms with E-state index in [2.05, 4.69) is 5.32 Å².